The Labute approximate surface area is 208 Å². The Morgan fingerprint density at radius 1 is 1.24 bits per heavy atom. The largest absolute Gasteiger partial charge is 0.493 e. The summed E-state index contributed by atoms with van der Waals surface area (Å²) in [5.41, 5.74) is 1.48. The molecule has 0 saturated heterocycles. The Morgan fingerprint density at radius 2 is 1.97 bits per heavy atom. The van der Waals surface area contributed by atoms with Crippen LogP contribution in [-0.4, -0.2) is 17.9 Å². The number of non-ortho nitro benzene ring substituents is 1. The number of hydrogen-bond donors (Lipinski definition) is 1. The van der Waals surface area contributed by atoms with Crippen LogP contribution >= 0.6 is 27.5 Å². The summed E-state index contributed by atoms with van der Waals surface area (Å²) in [7, 11) is 1.45. The highest BCUT2D eigenvalue weighted by molar-refractivity contribution is 9.10. The van der Waals surface area contributed by atoms with E-state index in [-0.39, 0.29) is 17.9 Å². The number of nitrogens with zero attached hydrogens (tertiary/aromatic N) is 2. The number of amides is 1. The molecule has 1 N–H and O–H groups in total. The number of methoxy groups -OCH3 is 1. The zero-order chi connectivity index (χ0) is 24.7. The van der Waals surface area contributed by atoms with Gasteiger partial charge in [-0.25, -0.2) is 0 Å². The first-order valence-corrected chi connectivity index (χ1v) is 10.9. The van der Waals surface area contributed by atoms with E-state index in [1.165, 1.54) is 25.3 Å². The van der Waals surface area contributed by atoms with Gasteiger partial charge < -0.3 is 14.8 Å². The van der Waals surface area contributed by atoms with Gasteiger partial charge in [-0.3, -0.25) is 14.9 Å². The zero-order valence-electron chi connectivity index (χ0n) is 17.7. The highest BCUT2D eigenvalue weighted by Gasteiger charge is 2.15. The number of carbonyl (C=O) groups excluding carboxylic acids is 1. The number of carbonyl (C=O) groups is 1. The number of anilines is 1. The fraction of sp³-hybridized carbons (Fsp3) is 0.0833. The first-order valence-electron chi connectivity index (χ1n) is 9.73. The number of hydrogen-bond acceptors (Lipinski definition) is 6. The Hall–Kier alpha value is -3.87. The molecule has 0 heterocycles. The van der Waals surface area contributed by atoms with Crippen LogP contribution in [0, 0.1) is 21.4 Å². The highest BCUT2D eigenvalue weighted by Crippen LogP contribution is 2.38. The van der Waals surface area contributed by atoms with E-state index < -0.39 is 10.8 Å². The van der Waals surface area contributed by atoms with Gasteiger partial charge in [-0.2, -0.15) is 5.26 Å². The van der Waals surface area contributed by atoms with Gasteiger partial charge in [0.2, 0.25) is 0 Å². The molecule has 1 amide bonds. The van der Waals surface area contributed by atoms with Gasteiger partial charge in [-0.15, -0.1) is 0 Å². The topological polar surface area (TPSA) is 114 Å². The molecule has 0 bridgehead atoms. The molecule has 3 aromatic carbocycles. The number of ether oxygens (including phenoxy) is 2. The van der Waals surface area contributed by atoms with Crippen LogP contribution in [0.5, 0.6) is 11.5 Å². The van der Waals surface area contributed by atoms with Crippen LogP contribution in [0.2, 0.25) is 5.02 Å². The standard InChI is InChI=1S/C24H17BrClN3O5/c1-33-22-12-16(9-17(13-27)24(30)28-19-7-5-18(26)6-8-19)11-21(25)23(22)34-14-15-3-2-4-20(10-15)29(31)32/h2-12H,14H2,1H3,(H,28,30)/b17-9-. The molecule has 0 aliphatic rings. The summed E-state index contributed by atoms with van der Waals surface area (Å²) in [6.45, 7) is 0.0682. The summed E-state index contributed by atoms with van der Waals surface area (Å²) in [5.74, 6) is 0.141. The van der Waals surface area contributed by atoms with Crippen LogP contribution in [0.4, 0.5) is 11.4 Å². The number of nitriles is 1. The SMILES string of the molecule is COc1cc(/C=C(/C#N)C(=O)Nc2ccc(Cl)cc2)cc(Br)c1OCc1cccc([N+](=O)[O-])c1. The number of nitro groups is 1. The summed E-state index contributed by atoms with van der Waals surface area (Å²) in [6.07, 6.45) is 1.42. The molecule has 0 radical (unpaired) electrons. The Kier molecular flexibility index (Phi) is 8.24. The van der Waals surface area contributed by atoms with Gasteiger partial charge in [0.1, 0.15) is 18.2 Å². The van der Waals surface area contributed by atoms with Crippen molar-refractivity contribution in [2.45, 2.75) is 6.61 Å². The van der Waals surface area contributed by atoms with Crippen LogP contribution in [0.15, 0.2) is 70.7 Å². The first kappa shape index (κ1) is 24.8. The fourth-order valence-electron chi connectivity index (χ4n) is 2.93. The van der Waals surface area contributed by atoms with E-state index in [0.29, 0.717) is 37.8 Å². The van der Waals surface area contributed by atoms with E-state index >= 15 is 0 Å². The maximum Gasteiger partial charge on any atom is 0.269 e. The molecule has 34 heavy (non-hydrogen) atoms. The summed E-state index contributed by atoms with van der Waals surface area (Å²) in [4.78, 5) is 23.0. The molecule has 0 aliphatic heterocycles. The van der Waals surface area contributed by atoms with Gasteiger partial charge in [0.05, 0.1) is 16.5 Å². The highest BCUT2D eigenvalue weighted by atomic mass is 79.9. The van der Waals surface area contributed by atoms with Crippen LogP contribution in [0.25, 0.3) is 6.08 Å². The summed E-state index contributed by atoms with van der Waals surface area (Å²) in [6, 6.07) is 17.8. The second-order valence-electron chi connectivity index (χ2n) is 6.88. The van der Waals surface area contributed by atoms with E-state index in [1.807, 2.05) is 6.07 Å². The predicted molar refractivity (Wildman–Crippen MR) is 132 cm³/mol. The lowest BCUT2D eigenvalue weighted by molar-refractivity contribution is -0.384. The number of halogens is 2. The molecule has 3 aromatic rings. The fourth-order valence-corrected chi connectivity index (χ4v) is 3.63. The molecule has 0 spiro atoms. The van der Waals surface area contributed by atoms with Gasteiger partial charge >= 0.3 is 0 Å². The predicted octanol–water partition coefficient (Wildman–Crippen LogP) is 6.14. The lowest BCUT2D eigenvalue weighted by Gasteiger charge is -2.14. The second kappa shape index (κ2) is 11.3. The minimum atomic E-state index is -0.578. The lowest BCUT2D eigenvalue weighted by atomic mass is 10.1. The van der Waals surface area contributed by atoms with Crippen molar-refractivity contribution in [3.05, 3.63) is 97.0 Å². The molecule has 10 heteroatoms. The average Bonchev–Trinajstić information content (AvgIpc) is 2.83. The number of nitro benzene ring substituents is 1. The molecule has 172 valence electrons. The summed E-state index contributed by atoms with van der Waals surface area (Å²) < 4.78 is 11.8. The van der Waals surface area contributed by atoms with E-state index in [0.717, 1.165) is 0 Å². The van der Waals surface area contributed by atoms with E-state index in [9.17, 15) is 20.2 Å². The Bertz CT molecular complexity index is 1300. The lowest BCUT2D eigenvalue weighted by Crippen LogP contribution is -2.13. The van der Waals surface area contributed by atoms with Crippen molar-refractivity contribution in [2.75, 3.05) is 12.4 Å². The normalized spacial score (nSPS) is 10.8. The van der Waals surface area contributed by atoms with E-state index in [4.69, 9.17) is 21.1 Å². The molecule has 0 aliphatic carbocycles. The van der Waals surface area contributed by atoms with Crippen molar-refractivity contribution >= 4 is 50.9 Å². The Balaban J connectivity index is 1.81. The van der Waals surface area contributed by atoms with Gasteiger partial charge in [-0.05, 0) is 69.5 Å². The van der Waals surface area contributed by atoms with Crippen LogP contribution < -0.4 is 14.8 Å². The van der Waals surface area contributed by atoms with Gasteiger partial charge in [0.25, 0.3) is 11.6 Å². The van der Waals surface area contributed by atoms with Gasteiger partial charge in [0, 0.05) is 22.8 Å². The maximum absolute atomic E-state index is 12.5. The quantitative estimate of drug-likeness (QED) is 0.158. The zero-order valence-corrected chi connectivity index (χ0v) is 20.1. The second-order valence-corrected chi connectivity index (χ2v) is 8.17. The van der Waals surface area contributed by atoms with Crippen molar-refractivity contribution in [3.63, 3.8) is 0 Å². The van der Waals surface area contributed by atoms with Crippen LogP contribution in [0.3, 0.4) is 0 Å². The van der Waals surface area contributed by atoms with Crippen molar-refractivity contribution in [1.82, 2.24) is 0 Å². The van der Waals surface area contributed by atoms with E-state index in [2.05, 4.69) is 21.2 Å². The van der Waals surface area contributed by atoms with Crippen LogP contribution in [0.1, 0.15) is 11.1 Å². The molecular weight excluding hydrogens is 526 g/mol. The maximum atomic E-state index is 12.5. The number of rotatable bonds is 8. The smallest absolute Gasteiger partial charge is 0.269 e. The van der Waals surface area contributed by atoms with Gasteiger partial charge in [0.15, 0.2) is 11.5 Å². The van der Waals surface area contributed by atoms with Crippen molar-refractivity contribution in [2.24, 2.45) is 0 Å². The summed E-state index contributed by atoms with van der Waals surface area (Å²) in [5, 5.41) is 23.6. The average molecular weight is 543 g/mol. The molecule has 8 nitrogen and oxygen atoms in total. The minimum Gasteiger partial charge on any atom is -0.493 e. The van der Waals surface area contributed by atoms with Crippen LogP contribution in [-0.2, 0) is 11.4 Å². The monoisotopic (exact) mass is 541 g/mol. The van der Waals surface area contributed by atoms with Crippen molar-refractivity contribution in [1.29, 1.82) is 5.26 Å². The number of nitrogens with one attached hydrogen (secondary N) is 1. The molecule has 0 saturated carbocycles. The third-order valence-corrected chi connectivity index (χ3v) is 5.38. The Morgan fingerprint density at radius 3 is 2.62 bits per heavy atom. The van der Waals surface area contributed by atoms with E-state index in [1.54, 1.807) is 48.5 Å². The molecule has 0 fully saturated rings. The molecule has 0 aromatic heterocycles. The minimum absolute atomic E-state index is 0.0338. The van der Waals surface area contributed by atoms with Crippen molar-refractivity contribution in [3.8, 4) is 17.6 Å². The molecule has 0 atom stereocenters. The molecule has 0 unspecified atom stereocenters. The molecular formula is C24H17BrClN3O5. The first-order chi connectivity index (χ1) is 16.3. The van der Waals surface area contributed by atoms with Crippen molar-refractivity contribution < 1.29 is 19.2 Å². The third-order valence-electron chi connectivity index (χ3n) is 4.53. The molecule has 3 rings (SSSR count). The van der Waals surface area contributed by atoms with Gasteiger partial charge in [-0.1, -0.05) is 23.7 Å². The number of benzene rings is 3. The summed E-state index contributed by atoms with van der Waals surface area (Å²) >= 11 is 9.27. The third kappa shape index (κ3) is 6.34.